The molecule has 0 unspecified atom stereocenters. The molecule has 1 radical (unpaired) electrons. The van der Waals surface area contributed by atoms with Crippen molar-refractivity contribution in [2.45, 2.75) is 125 Å². The first-order valence-corrected chi connectivity index (χ1v) is 27.0. The Bertz CT molecular complexity index is 4000. The van der Waals surface area contributed by atoms with Crippen LogP contribution >= 0.6 is 0 Å². The number of furan rings is 1. The van der Waals surface area contributed by atoms with Gasteiger partial charge in [-0.15, -0.1) is 47.5 Å². The average molecular weight is 1200 g/mol. The summed E-state index contributed by atoms with van der Waals surface area (Å²) < 4.78 is 32.8. The number of hydrogen-bond acceptors (Lipinski definition) is 4. The van der Waals surface area contributed by atoms with Crippen molar-refractivity contribution in [3.63, 3.8) is 0 Å². The van der Waals surface area contributed by atoms with Gasteiger partial charge in [0.1, 0.15) is 5.58 Å². The van der Waals surface area contributed by atoms with Gasteiger partial charge in [0.15, 0.2) is 0 Å². The molecule has 0 aliphatic heterocycles. The van der Waals surface area contributed by atoms with Gasteiger partial charge in [-0.1, -0.05) is 198 Å². The number of pyridine rings is 2. The van der Waals surface area contributed by atoms with E-state index in [1.165, 1.54) is 44.6 Å². The van der Waals surface area contributed by atoms with Gasteiger partial charge in [0.2, 0.25) is 0 Å². The number of aryl methyl sites for hydroxylation is 1. The van der Waals surface area contributed by atoms with Gasteiger partial charge in [-0.25, -0.2) is 0 Å². The van der Waals surface area contributed by atoms with Crippen molar-refractivity contribution in [1.82, 2.24) is 19.5 Å². The van der Waals surface area contributed by atoms with Crippen molar-refractivity contribution in [3.8, 4) is 61.8 Å². The van der Waals surface area contributed by atoms with E-state index in [0.29, 0.717) is 11.1 Å². The summed E-state index contributed by atoms with van der Waals surface area (Å²) >= 11 is 0. The monoisotopic (exact) mass is 1200 g/mol. The van der Waals surface area contributed by atoms with Gasteiger partial charge in [-0.2, -0.15) is 0 Å². The molecule has 0 fully saturated rings. The molecule has 397 valence electrons. The number of imidazole rings is 1. The zero-order valence-electron chi connectivity index (χ0n) is 50.4. The summed E-state index contributed by atoms with van der Waals surface area (Å²) in [6.07, 6.45) is 3.77. The maximum absolute atomic E-state index is 7.85. The average Bonchev–Trinajstić information content (AvgIpc) is 4.16. The van der Waals surface area contributed by atoms with Gasteiger partial charge in [-0.3, -0.25) is 9.97 Å². The van der Waals surface area contributed by atoms with Gasteiger partial charge in [0.05, 0.1) is 28.1 Å². The summed E-state index contributed by atoms with van der Waals surface area (Å²) in [4.78, 5) is 14.9. The van der Waals surface area contributed by atoms with Gasteiger partial charge in [0.25, 0.3) is 0 Å². The molecule has 0 aliphatic rings. The third-order valence-electron chi connectivity index (χ3n) is 14.7. The van der Waals surface area contributed by atoms with Gasteiger partial charge in [0, 0.05) is 59.3 Å². The first-order valence-electron chi connectivity index (χ1n) is 28.5. The zero-order valence-corrected chi connectivity index (χ0v) is 49.7. The van der Waals surface area contributed by atoms with E-state index in [1.54, 1.807) is 12.3 Å². The van der Waals surface area contributed by atoms with E-state index in [2.05, 4.69) is 215 Å². The molecule has 5 nitrogen and oxygen atoms in total. The normalized spacial score (nSPS) is 12.8. The van der Waals surface area contributed by atoms with Crippen LogP contribution in [0.15, 0.2) is 175 Å². The van der Waals surface area contributed by atoms with E-state index in [-0.39, 0.29) is 48.2 Å². The molecule has 0 atom stereocenters. The maximum Gasteiger partial charge on any atom is 0.124 e. The second kappa shape index (κ2) is 21.9. The molecule has 4 aromatic heterocycles. The number of fused-ring (bicyclic) bond motifs is 4. The van der Waals surface area contributed by atoms with Crippen LogP contribution in [0.2, 0.25) is 0 Å². The Morgan fingerprint density at radius 2 is 1.18 bits per heavy atom. The van der Waals surface area contributed by atoms with Crippen LogP contribution in [0.4, 0.5) is 0 Å². The molecule has 0 saturated heterocycles. The van der Waals surface area contributed by atoms with E-state index in [4.69, 9.17) is 18.5 Å². The number of nitrogens with zero attached hydrogens (tertiary/aromatic N) is 4. The molecule has 0 saturated carbocycles. The molecule has 11 aromatic rings. The molecule has 78 heavy (non-hydrogen) atoms. The Balaban J connectivity index is 0.000000246. The Hall–Kier alpha value is -7.24. The topological polar surface area (TPSA) is 56.7 Å². The van der Waals surface area contributed by atoms with Crippen LogP contribution in [0, 0.1) is 19.0 Å². The van der Waals surface area contributed by atoms with Crippen LogP contribution in [-0.2, 0) is 36.4 Å². The minimum Gasteiger partial charge on any atom is -0.500 e. The van der Waals surface area contributed by atoms with Crippen LogP contribution in [0.1, 0.15) is 139 Å². The number of hydrogen-bond donors (Lipinski definition) is 0. The van der Waals surface area contributed by atoms with Crippen LogP contribution in [-0.4, -0.2) is 19.5 Å². The molecule has 0 aliphatic carbocycles. The van der Waals surface area contributed by atoms with Gasteiger partial charge < -0.3 is 14.0 Å². The smallest absolute Gasteiger partial charge is 0.124 e. The third-order valence-corrected chi connectivity index (χ3v) is 14.7. The third kappa shape index (κ3) is 11.2. The summed E-state index contributed by atoms with van der Waals surface area (Å²) in [5, 5.41) is 1.98. The minimum absolute atomic E-state index is 0. The second-order valence-corrected chi connectivity index (χ2v) is 24.2. The molecule has 0 N–H and O–H groups in total. The summed E-state index contributed by atoms with van der Waals surface area (Å²) in [5.74, 6) is 1.35. The fourth-order valence-electron chi connectivity index (χ4n) is 10.2. The number of benzene rings is 7. The van der Waals surface area contributed by atoms with Crippen LogP contribution in [0.25, 0.3) is 94.8 Å². The fraction of sp³-hybridized carbons (Fsp3) is 0.264. The Labute approximate surface area is 480 Å². The molecule has 11 rings (SSSR count). The SMILES string of the molecule is CC(C)c1cc(-c2ccccc2)cc(C(C)C)c1-n1c(-c2[c-]ccc3c2oc2cc(-c4cc(C(C)(C)C)cc(C(C)(C)C)c4)ncc23)nc2ccccc21.[2H]C([2H])([2H])c1c[c-]c(-c2cc(C(C)(C)C)ccn2)cc1-c1ccccc1.[Ir]. The van der Waals surface area contributed by atoms with Crippen LogP contribution in [0.3, 0.4) is 0 Å². The minimum atomic E-state index is -2.19. The molecule has 4 heterocycles. The van der Waals surface area contributed by atoms with E-state index < -0.39 is 6.85 Å². The molecule has 0 amide bonds. The molecular formula is C72H72IrN4O-2. The largest absolute Gasteiger partial charge is 0.500 e. The standard InChI is InChI=1S/C50H50N3O.C22H22N.Ir/c1-30(2)39-25-33(32-17-12-11-13-18-32)26-40(31(3)4)46(39)53-44-22-15-14-21-42(44)52-48(53)38-20-16-19-37-41-29-51-43(28-45(41)54-47(37)38)34-23-35(49(5,6)7)27-36(24-34)50(8,9)10;1-16-10-11-18(14-20(16)17-8-6-5-7-9-17)21-15-19(12-13-23-21)22(2,3)4;/h11-19,21-31H,1-10H3;5-10,12-15H,1-4H3;/q2*-1;/i;1D3;. The van der Waals surface area contributed by atoms with Gasteiger partial charge in [-0.05, 0) is 121 Å². The first kappa shape index (κ1) is 51.5. The second-order valence-electron chi connectivity index (χ2n) is 24.2. The van der Waals surface area contributed by atoms with Crippen molar-refractivity contribution in [1.29, 1.82) is 0 Å². The summed E-state index contributed by atoms with van der Waals surface area (Å²) in [7, 11) is 0. The number of aromatic nitrogens is 4. The van der Waals surface area contributed by atoms with Crippen LogP contribution in [0.5, 0.6) is 0 Å². The van der Waals surface area contributed by atoms with Crippen molar-refractivity contribution >= 4 is 33.0 Å². The number of rotatable bonds is 8. The summed E-state index contributed by atoms with van der Waals surface area (Å²) in [5.41, 5.74) is 19.8. The molecule has 7 aromatic carbocycles. The van der Waals surface area contributed by atoms with E-state index >= 15 is 0 Å². The maximum atomic E-state index is 7.85. The quantitative estimate of drug-likeness (QED) is 0.142. The fourth-order valence-corrected chi connectivity index (χ4v) is 10.2. The first-order chi connectivity index (χ1) is 37.8. The summed E-state index contributed by atoms with van der Waals surface area (Å²) in [6, 6.07) is 60.8. The Morgan fingerprint density at radius 3 is 1.79 bits per heavy atom. The van der Waals surface area contributed by atoms with Crippen LogP contribution < -0.4 is 0 Å². The van der Waals surface area contributed by atoms with Crippen molar-refractivity contribution in [2.75, 3.05) is 0 Å². The summed E-state index contributed by atoms with van der Waals surface area (Å²) in [6.45, 7) is 27.0. The van der Waals surface area contributed by atoms with E-state index in [9.17, 15) is 0 Å². The van der Waals surface area contributed by atoms with Crippen molar-refractivity contribution in [2.24, 2.45) is 0 Å². The van der Waals surface area contributed by atoms with E-state index in [0.717, 1.165) is 72.4 Å². The van der Waals surface area contributed by atoms with Gasteiger partial charge >= 0.3 is 0 Å². The molecule has 6 heteroatoms. The van der Waals surface area contributed by atoms with E-state index in [1.807, 2.05) is 54.7 Å². The Morgan fingerprint density at radius 1 is 0.564 bits per heavy atom. The van der Waals surface area contributed by atoms with Crippen molar-refractivity contribution in [3.05, 3.63) is 216 Å². The predicted octanol–water partition coefficient (Wildman–Crippen LogP) is 19.8. The Kier molecular flexibility index (Phi) is 14.5. The molecule has 0 spiro atoms. The number of para-hydroxylation sites is 2. The zero-order chi connectivity index (χ0) is 57.1. The molecular weight excluding hydrogens is 1130 g/mol. The molecule has 0 bridgehead atoms. The predicted molar refractivity (Wildman–Crippen MR) is 324 cm³/mol. The van der Waals surface area contributed by atoms with Crippen molar-refractivity contribution < 1.29 is 28.6 Å².